The van der Waals surface area contributed by atoms with Crippen LogP contribution in [0.3, 0.4) is 0 Å². The van der Waals surface area contributed by atoms with E-state index in [-0.39, 0.29) is 0 Å². The number of aliphatic imine (C=N–C) groups is 1. The summed E-state index contributed by atoms with van der Waals surface area (Å²) in [6.07, 6.45) is 11.2. The van der Waals surface area contributed by atoms with Crippen LogP contribution in [0, 0.1) is 5.82 Å². The third kappa shape index (κ3) is 5.36. The Balaban J connectivity index is 1.82. The van der Waals surface area contributed by atoms with E-state index < -0.39 is 5.82 Å². The number of nitrogens with two attached hydrogens (primary N) is 1. The SMILES string of the molecule is CN=CC(=CN)c1cnc2ccc(Sc3nncc(F)cc(-c4cnn(C)c4)cn3C)cc2c1OC. The normalized spacial score (nSPS) is 11.8. The monoisotopic (exact) mass is 504 g/mol. The summed E-state index contributed by atoms with van der Waals surface area (Å²) < 4.78 is 23.6. The zero-order valence-electron chi connectivity index (χ0n) is 20.3. The van der Waals surface area contributed by atoms with Crippen molar-refractivity contribution >= 4 is 34.5 Å². The van der Waals surface area contributed by atoms with Gasteiger partial charge in [0, 0.05) is 84.7 Å². The third-order valence-corrected chi connectivity index (χ3v) is 6.29. The molecule has 4 aromatic rings. The molecule has 0 saturated carbocycles. The van der Waals surface area contributed by atoms with Crippen molar-refractivity contribution in [3.8, 4) is 16.9 Å². The number of methoxy groups -OCH3 is 1. The lowest BCUT2D eigenvalue weighted by Gasteiger charge is -2.13. The first-order chi connectivity index (χ1) is 17.4. The maximum atomic E-state index is 14.4. The van der Waals surface area contributed by atoms with Crippen LogP contribution in [0.4, 0.5) is 4.39 Å². The number of halogens is 1. The average Bonchev–Trinajstić information content (AvgIpc) is 3.33. The van der Waals surface area contributed by atoms with E-state index in [1.54, 1.807) is 48.2 Å². The van der Waals surface area contributed by atoms with Crippen molar-refractivity contribution in [1.29, 1.82) is 0 Å². The Kier molecular flexibility index (Phi) is 7.59. The molecule has 3 aromatic heterocycles. The quantitative estimate of drug-likeness (QED) is 0.392. The second kappa shape index (κ2) is 11.0. The number of rotatable bonds is 6. The van der Waals surface area contributed by atoms with Gasteiger partial charge in [-0.15, -0.1) is 5.10 Å². The van der Waals surface area contributed by atoms with Crippen LogP contribution in [0.2, 0.25) is 0 Å². The lowest BCUT2D eigenvalue weighted by molar-refractivity contribution is 0.418. The van der Waals surface area contributed by atoms with E-state index in [9.17, 15) is 4.39 Å². The summed E-state index contributed by atoms with van der Waals surface area (Å²) in [7, 11) is 6.92. The van der Waals surface area contributed by atoms with Crippen LogP contribution in [0.25, 0.3) is 27.6 Å². The Labute approximate surface area is 211 Å². The molecule has 0 unspecified atom stereocenters. The van der Waals surface area contributed by atoms with Crippen molar-refractivity contribution in [2.75, 3.05) is 14.2 Å². The predicted molar refractivity (Wildman–Crippen MR) is 140 cm³/mol. The molecule has 0 aliphatic rings. The fourth-order valence-corrected chi connectivity index (χ4v) is 4.40. The van der Waals surface area contributed by atoms with Crippen LogP contribution < -0.4 is 10.5 Å². The van der Waals surface area contributed by atoms with E-state index in [0.717, 1.165) is 33.1 Å². The highest BCUT2D eigenvalue weighted by Gasteiger charge is 2.14. The second-order valence-corrected chi connectivity index (χ2v) is 8.79. The smallest absolute Gasteiger partial charge is 0.194 e. The Morgan fingerprint density at radius 2 is 1.97 bits per heavy atom. The Morgan fingerprint density at radius 3 is 2.67 bits per heavy atom. The molecule has 0 aliphatic carbocycles. The highest BCUT2D eigenvalue weighted by molar-refractivity contribution is 7.99. The number of hydrogen-bond donors (Lipinski definition) is 1. The number of ether oxygens (including phenoxy) is 1. The van der Waals surface area contributed by atoms with E-state index in [4.69, 9.17) is 10.5 Å². The maximum absolute atomic E-state index is 14.4. The van der Waals surface area contributed by atoms with Crippen LogP contribution in [-0.2, 0) is 14.1 Å². The number of nitrogens with zero attached hydrogens (tertiary/aromatic N) is 7. The lowest BCUT2D eigenvalue weighted by Crippen LogP contribution is -1.99. The first kappa shape index (κ1) is 24.9. The lowest BCUT2D eigenvalue weighted by atomic mass is 10.1. The van der Waals surface area contributed by atoms with Gasteiger partial charge in [0.1, 0.15) is 11.6 Å². The summed E-state index contributed by atoms with van der Waals surface area (Å²) in [5.74, 6) is 0.119. The van der Waals surface area contributed by atoms with E-state index in [1.807, 2.05) is 38.5 Å². The van der Waals surface area contributed by atoms with Crippen LogP contribution in [-0.4, -0.2) is 49.9 Å². The molecule has 0 radical (unpaired) electrons. The van der Waals surface area contributed by atoms with Gasteiger partial charge in [-0.2, -0.15) is 10.2 Å². The number of hydrogen-bond acceptors (Lipinski definition) is 8. The van der Waals surface area contributed by atoms with Gasteiger partial charge in [0.25, 0.3) is 0 Å². The number of aryl methyl sites for hydroxylation is 2. The second-order valence-electron chi connectivity index (χ2n) is 7.75. The summed E-state index contributed by atoms with van der Waals surface area (Å²) >= 11 is 1.37. The number of benzene rings is 1. The van der Waals surface area contributed by atoms with Crippen LogP contribution in [0.15, 0.2) is 76.5 Å². The van der Waals surface area contributed by atoms with E-state index in [0.29, 0.717) is 22.0 Å². The van der Waals surface area contributed by atoms with Crippen molar-refractivity contribution in [3.63, 3.8) is 0 Å². The maximum Gasteiger partial charge on any atom is 0.194 e. The summed E-state index contributed by atoms with van der Waals surface area (Å²) in [5.41, 5.74) is 9.41. The molecule has 0 bridgehead atoms. The standard InChI is InChI=1S/C25H25FN8OS/c1-28-10-17(9-27)22-13-29-23-6-5-20(8-21(23)24(22)35-4)36-25-32-30-12-19(26)7-16(14-33(25)2)18-11-31-34(3)15-18/h5-15H,27H2,1-4H3. The molecule has 36 heavy (non-hydrogen) atoms. The van der Waals surface area contributed by atoms with Gasteiger partial charge >= 0.3 is 0 Å². The minimum atomic E-state index is -0.512. The topological polar surface area (TPSA) is 109 Å². The van der Waals surface area contributed by atoms with Crippen molar-refractivity contribution < 1.29 is 9.13 Å². The molecular weight excluding hydrogens is 479 g/mol. The fraction of sp³-hybridized carbons (Fsp3) is 0.160. The van der Waals surface area contributed by atoms with E-state index >= 15 is 0 Å². The van der Waals surface area contributed by atoms with Crippen molar-refractivity contribution in [2.45, 2.75) is 10.1 Å². The Morgan fingerprint density at radius 1 is 1.14 bits per heavy atom. The number of fused-ring (bicyclic) bond motifs is 1. The fourth-order valence-electron chi connectivity index (χ4n) is 3.59. The van der Waals surface area contributed by atoms with Crippen LogP contribution in [0.5, 0.6) is 5.75 Å². The number of allylic oxidation sites excluding steroid dienone is 1. The number of aromatic nitrogens is 6. The van der Waals surface area contributed by atoms with Crippen molar-refractivity contribution in [1.82, 2.24) is 29.5 Å². The summed E-state index contributed by atoms with van der Waals surface area (Å²) in [4.78, 5) is 9.49. The molecule has 0 spiro atoms. The minimum Gasteiger partial charge on any atom is -0.495 e. The first-order valence-electron chi connectivity index (χ1n) is 10.8. The van der Waals surface area contributed by atoms with Crippen LogP contribution in [0.1, 0.15) is 5.56 Å². The third-order valence-electron chi connectivity index (χ3n) is 5.25. The molecule has 0 saturated heterocycles. The van der Waals surface area contributed by atoms with Crippen molar-refractivity contribution in [3.05, 3.63) is 72.8 Å². The van der Waals surface area contributed by atoms with Crippen LogP contribution >= 0.6 is 11.8 Å². The summed E-state index contributed by atoms with van der Waals surface area (Å²) in [6, 6.07) is 7.20. The van der Waals surface area contributed by atoms with Gasteiger partial charge in [0.15, 0.2) is 5.16 Å². The molecule has 11 heteroatoms. The van der Waals surface area contributed by atoms with E-state index in [2.05, 4.69) is 25.3 Å². The zero-order chi connectivity index (χ0) is 25.7. The largest absolute Gasteiger partial charge is 0.495 e. The summed E-state index contributed by atoms with van der Waals surface area (Å²) in [5, 5.41) is 13.7. The molecule has 0 aliphatic heterocycles. The highest BCUT2D eigenvalue weighted by Crippen LogP contribution is 2.35. The molecule has 2 N–H and O–H groups in total. The predicted octanol–water partition coefficient (Wildman–Crippen LogP) is 4.19. The summed E-state index contributed by atoms with van der Waals surface area (Å²) in [6.45, 7) is 0. The molecule has 0 atom stereocenters. The van der Waals surface area contributed by atoms with Gasteiger partial charge in [-0.05, 0) is 36.0 Å². The van der Waals surface area contributed by atoms with E-state index in [1.165, 1.54) is 24.0 Å². The highest BCUT2D eigenvalue weighted by atomic mass is 32.2. The molecular formula is C25H25FN8OS. The molecule has 3 heterocycles. The zero-order valence-corrected chi connectivity index (χ0v) is 21.1. The Hall–Kier alpha value is -4.25. The van der Waals surface area contributed by atoms with Gasteiger partial charge in [-0.25, -0.2) is 4.39 Å². The number of pyridine rings is 1. The molecule has 1 aromatic carbocycles. The molecule has 0 amide bonds. The molecule has 0 fully saturated rings. The Bertz CT molecular complexity index is 1520. The van der Waals surface area contributed by atoms with Crippen molar-refractivity contribution in [2.24, 2.45) is 24.8 Å². The minimum absolute atomic E-state index is 0.512. The van der Waals surface area contributed by atoms with Gasteiger partial charge in [-0.1, -0.05) is 0 Å². The van der Waals surface area contributed by atoms with Gasteiger partial charge in [-0.3, -0.25) is 14.7 Å². The van der Waals surface area contributed by atoms with Gasteiger partial charge < -0.3 is 15.0 Å². The van der Waals surface area contributed by atoms with Gasteiger partial charge in [0.05, 0.1) is 25.0 Å². The molecule has 184 valence electrons. The molecule has 4 rings (SSSR count). The molecule has 9 nitrogen and oxygen atoms in total. The van der Waals surface area contributed by atoms with Gasteiger partial charge in [0.2, 0.25) is 0 Å². The first-order valence-corrected chi connectivity index (χ1v) is 11.7. The average molecular weight is 505 g/mol.